The highest BCUT2D eigenvalue weighted by Gasteiger charge is 2.26. The van der Waals surface area contributed by atoms with Crippen LogP contribution in [0.3, 0.4) is 0 Å². The standard InChI is InChI=1S/C14H18F4N2O/c1-2-8-19-12-10(5-3-6-11(12)15)13(21)20-9-4-7-14(16,17)18/h3,5-6,19H,2,4,7-9H2,1H3,(H,20,21). The molecule has 0 fully saturated rings. The smallest absolute Gasteiger partial charge is 0.382 e. The molecular formula is C14H18F4N2O. The number of amides is 1. The van der Waals surface area contributed by atoms with E-state index in [0.717, 1.165) is 6.42 Å². The molecule has 1 amide bonds. The maximum Gasteiger partial charge on any atom is 0.389 e. The number of anilines is 1. The summed E-state index contributed by atoms with van der Waals surface area (Å²) < 4.78 is 49.6. The normalized spacial score (nSPS) is 11.3. The summed E-state index contributed by atoms with van der Waals surface area (Å²) in [5, 5.41) is 5.18. The summed E-state index contributed by atoms with van der Waals surface area (Å²) in [4.78, 5) is 11.9. The predicted molar refractivity (Wildman–Crippen MR) is 72.8 cm³/mol. The lowest BCUT2D eigenvalue weighted by atomic mass is 10.1. The van der Waals surface area contributed by atoms with Gasteiger partial charge in [0, 0.05) is 19.5 Å². The van der Waals surface area contributed by atoms with Crippen molar-refractivity contribution in [2.24, 2.45) is 0 Å². The van der Waals surface area contributed by atoms with Crippen LogP contribution in [0.25, 0.3) is 0 Å². The number of hydrogen-bond donors (Lipinski definition) is 2. The van der Waals surface area contributed by atoms with Crippen LogP contribution in [0.1, 0.15) is 36.5 Å². The van der Waals surface area contributed by atoms with Crippen molar-refractivity contribution in [3.8, 4) is 0 Å². The van der Waals surface area contributed by atoms with Crippen molar-refractivity contribution in [2.75, 3.05) is 18.4 Å². The van der Waals surface area contributed by atoms with E-state index in [1.165, 1.54) is 18.2 Å². The molecule has 0 heterocycles. The van der Waals surface area contributed by atoms with Crippen molar-refractivity contribution in [3.05, 3.63) is 29.6 Å². The lowest BCUT2D eigenvalue weighted by Gasteiger charge is -2.13. The van der Waals surface area contributed by atoms with E-state index >= 15 is 0 Å². The fraction of sp³-hybridized carbons (Fsp3) is 0.500. The second-order valence-electron chi connectivity index (χ2n) is 4.56. The van der Waals surface area contributed by atoms with Crippen molar-refractivity contribution >= 4 is 11.6 Å². The van der Waals surface area contributed by atoms with E-state index in [1.807, 2.05) is 6.92 Å². The number of para-hydroxylation sites is 1. The van der Waals surface area contributed by atoms with Gasteiger partial charge in [0.05, 0.1) is 11.3 Å². The molecule has 0 aliphatic carbocycles. The monoisotopic (exact) mass is 306 g/mol. The molecule has 0 bridgehead atoms. The van der Waals surface area contributed by atoms with E-state index in [1.54, 1.807) is 0 Å². The maximum absolute atomic E-state index is 13.7. The number of hydrogen-bond acceptors (Lipinski definition) is 2. The Morgan fingerprint density at radius 3 is 2.57 bits per heavy atom. The number of alkyl halides is 3. The summed E-state index contributed by atoms with van der Waals surface area (Å²) in [6.45, 7) is 2.28. The minimum atomic E-state index is -4.24. The molecule has 0 aliphatic rings. The van der Waals surface area contributed by atoms with E-state index < -0.39 is 24.3 Å². The lowest BCUT2D eigenvalue weighted by molar-refractivity contribution is -0.135. The van der Waals surface area contributed by atoms with E-state index in [4.69, 9.17) is 0 Å². The molecule has 21 heavy (non-hydrogen) atoms. The van der Waals surface area contributed by atoms with Gasteiger partial charge < -0.3 is 10.6 Å². The van der Waals surface area contributed by atoms with Crippen LogP contribution in [0.2, 0.25) is 0 Å². The molecule has 0 saturated heterocycles. The first-order valence-corrected chi connectivity index (χ1v) is 6.72. The first kappa shape index (κ1) is 17.3. The molecule has 1 rings (SSSR count). The van der Waals surface area contributed by atoms with Crippen molar-refractivity contribution in [3.63, 3.8) is 0 Å². The van der Waals surface area contributed by atoms with Crippen molar-refractivity contribution in [2.45, 2.75) is 32.4 Å². The van der Waals surface area contributed by atoms with Crippen molar-refractivity contribution in [1.29, 1.82) is 0 Å². The number of rotatable bonds is 7. The topological polar surface area (TPSA) is 41.1 Å². The molecule has 0 aromatic heterocycles. The first-order valence-electron chi connectivity index (χ1n) is 6.72. The quantitative estimate of drug-likeness (QED) is 0.595. The van der Waals surface area contributed by atoms with Crippen molar-refractivity contribution in [1.82, 2.24) is 5.32 Å². The van der Waals surface area contributed by atoms with E-state index in [2.05, 4.69) is 10.6 Å². The SMILES string of the molecule is CCCNc1c(F)cccc1C(=O)NCCCC(F)(F)F. The van der Waals surface area contributed by atoms with Crippen LogP contribution in [-0.4, -0.2) is 25.2 Å². The minimum Gasteiger partial charge on any atom is -0.382 e. The van der Waals surface area contributed by atoms with Gasteiger partial charge in [-0.3, -0.25) is 4.79 Å². The second kappa shape index (κ2) is 7.85. The summed E-state index contributed by atoms with van der Waals surface area (Å²) in [6, 6.07) is 4.04. The largest absolute Gasteiger partial charge is 0.389 e. The van der Waals surface area contributed by atoms with Crippen LogP contribution in [-0.2, 0) is 0 Å². The average molecular weight is 306 g/mol. The van der Waals surface area contributed by atoms with Gasteiger partial charge in [-0.1, -0.05) is 13.0 Å². The van der Waals surface area contributed by atoms with Gasteiger partial charge in [0.1, 0.15) is 5.82 Å². The molecule has 1 aromatic rings. The zero-order valence-electron chi connectivity index (χ0n) is 11.7. The fourth-order valence-corrected chi connectivity index (χ4v) is 1.73. The summed E-state index contributed by atoms with van der Waals surface area (Å²) >= 11 is 0. The van der Waals surface area contributed by atoms with Crippen molar-refractivity contribution < 1.29 is 22.4 Å². The van der Waals surface area contributed by atoms with Gasteiger partial charge in [0.15, 0.2) is 0 Å². The minimum absolute atomic E-state index is 0.0765. The lowest BCUT2D eigenvalue weighted by Crippen LogP contribution is -2.26. The molecule has 0 unspecified atom stereocenters. The van der Waals surface area contributed by atoms with Crippen LogP contribution in [0, 0.1) is 5.82 Å². The maximum atomic E-state index is 13.7. The zero-order chi connectivity index (χ0) is 15.9. The van der Waals surface area contributed by atoms with E-state index in [-0.39, 0.29) is 24.2 Å². The molecular weight excluding hydrogens is 288 g/mol. The molecule has 0 spiro atoms. The van der Waals surface area contributed by atoms with Gasteiger partial charge in [-0.05, 0) is 25.0 Å². The molecule has 1 aromatic carbocycles. The Labute approximate surface area is 120 Å². The van der Waals surface area contributed by atoms with Gasteiger partial charge >= 0.3 is 6.18 Å². The van der Waals surface area contributed by atoms with Crippen LogP contribution >= 0.6 is 0 Å². The molecule has 3 nitrogen and oxygen atoms in total. The number of nitrogens with one attached hydrogen (secondary N) is 2. The number of halogens is 4. The first-order chi connectivity index (χ1) is 9.85. The molecule has 0 aliphatic heterocycles. The molecule has 0 atom stereocenters. The summed E-state index contributed by atoms with van der Waals surface area (Å²) in [5.74, 6) is -1.15. The summed E-state index contributed by atoms with van der Waals surface area (Å²) in [6.07, 6.45) is -4.65. The molecule has 0 saturated carbocycles. The highest BCUT2D eigenvalue weighted by Crippen LogP contribution is 2.21. The third-order valence-corrected chi connectivity index (χ3v) is 2.73. The third kappa shape index (κ3) is 6.01. The number of carbonyl (C=O) groups excluding carboxylic acids is 1. The summed E-state index contributed by atoms with van der Waals surface area (Å²) in [5.41, 5.74) is 0.170. The van der Waals surface area contributed by atoms with Gasteiger partial charge in [0.2, 0.25) is 0 Å². The molecule has 2 N–H and O–H groups in total. The Balaban J connectivity index is 2.63. The van der Waals surface area contributed by atoms with Gasteiger partial charge in [-0.15, -0.1) is 0 Å². The molecule has 0 radical (unpaired) electrons. The molecule has 7 heteroatoms. The van der Waals surface area contributed by atoms with Crippen LogP contribution in [0.4, 0.5) is 23.2 Å². The summed E-state index contributed by atoms with van der Waals surface area (Å²) in [7, 11) is 0. The van der Waals surface area contributed by atoms with E-state index in [9.17, 15) is 22.4 Å². The predicted octanol–water partition coefficient (Wildman–Crippen LogP) is 3.72. The number of carbonyl (C=O) groups is 1. The highest BCUT2D eigenvalue weighted by molar-refractivity contribution is 5.99. The van der Waals surface area contributed by atoms with Gasteiger partial charge in [0.25, 0.3) is 5.91 Å². The fourth-order valence-electron chi connectivity index (χ4n) is 1.73. The van der Waals surface area contributed by atoms with Crippen LogP contribution in [0.15, 0.2) is 18.2 Å². The van der Waals surface area contributed by atoms with Gasteiger partial charge in [-0.2, -0.15) is 13.2 Å². The van der Waals surface area contributed by atoms with Gasteiger partial charge in [-0.25, -0.2) is 4.39 Å². The average Bonchev–Trinajstić information content (AvgIpc) is 2.40. The Morgan fingerprint density at radius 2 is 1.95 bits per heavy atom. The Bertz CT molecular complexity index is 475. The Hall–Kier alpha value is -1.79. The Morgan fingerprint density at radius 1 is 1.24 bits per heavy atom. The zero-order valence-corrected chi connectivity index (χ0v) is 11.7. The van der Waals surface area contributed by atoms with Crippen LogP contribution in [0.5, 0.6) is 0 Å². The van der Waals surface area contributed by atoms with Crippen LogP contribution < -0.4 is 10.6 Å². The third-order valence-electron chi connectivity index (χ3n) is 2.73. The molecule has 118 valence electrons. The van der Waals surface area contributed by atoms with E-state index in [0.29, 0.717) is 6.54 Å². The number of benzene rings is 1. The Kier molecular flexibility index (Phi) is 6.45. The highest BCUT2D eigenvalue weighted by atomic mass is 19.4. The second-order valence-corrected chi connectivity index (χ2v) is 4.56.